The minimum Gasteiger partial charge on any atom is -0.446 e. The van der Waals surface area contributed by atoms with E-state index in [1.807, 2.05) is 6.92 Å². The number of furan rings is 1. The third-order valence-corrected chi connectivity index (χ3v) is 3.60. The molecule has 0 aromatic carbocycles. The van der Waals surface area contributed by atoms with Crippen molar-refractivity contribution in [2.24, 2.45) is 0 Å². The van der Waals surface area contributed by atoms with Crippen molar-refractivity contribution < 1.29 is 17.9 Å². The lowest BCUT2D eigenvalue weighted by molar-refractivity contribution is 0.236. The Hall–Kier alpha value is -0.850. The van der Waals surface area contributed by atoms with Gasteiger partial charge in [0.1, 0.15) is 12.4 Å². The maximum Gasteiger partial charge on any atom is 0.274 e. The summed E-state index contributed by atoms with van der Waals surface area (Å²) in [5, 5.41) is 8.62. The van der Waals surface area contributed by atoms with Gasteiger partial charge in [0.25, 0.3) is 10.0 Å². The standard InChI is InChI=1S/C10H17NO4S/c1-3-4-8(2)11-16(13,14)10-6-5-9(7-12)15-10/h5-6,8,11-12H,3-4,7H2,1-2H3. The lowest BCUT2D eigenvalue weighted by atomic mass is 10.2. The Morgan fingerprint density at radius 2 is 2.19 bits per heavy atom. The molecular weight excluding hydrogens is 230 g/mol. The van der Waals surface area contributed by atoms with Crippen LogP contribution in [-0.4, -0.2) is 19.6 Å². The van der Waals surface area contributed by atoms with Crippen LogP contribution < -0.4 is 4.72 Å². The summed E-state index contributed by atoms with van der Waals surface area (Å²) in [6, 6.07) is 2.66. The molecule has 1 unspecified atom stereocenters. The molecule has 16 heavy (non-hydrogen) atoms. The molecule has 0 aliphatic rings. The number of hydrogen-bond acceptors (Lipinski definition) is 4. The van der Waals surface area contributed by atoms with Gasteiger partial charge in [-0.1, -0.05) is 13.3 Å². The van der Waals surface area contributed by atoms with Crippen molar-refractivity contribution in [3.63, 3.8) is 0 Å². The van der Waals surface area contributed by atoms with E-state index in [1.165, 1.54) is 12.1 Å². The molecule has 0 spiro atoms. The number of sulfonamides is 1. The number of rotatable bonds is 6. The summed E-state index contributed by atoms with van der Waals surface area (Å²) in [4.78, 5) is 0. The molecule has 0 amide bonds. The molecule has 0 radical (unpaired) electrons. The second-order valence-corrected chi connectivity index (χ2v) is 5.33. The van der Waals surface area contributed by atoms with Gasteiger partial charge in [-0.15, -0.1) is 0 Å². The first-order valence-corrected chi connectivity index (χ1v) is 6.69. The third-order valence-electron chi connectivity index (χ3n) is 2.14. The Bertz CT molecular complexity index is 424. The van der Waals surface area contributed by atoms with Gasteiger partial charge in [-0.2, -0.15) is 0 Å². The molecule has 1 aromatic heterocycles. The molecular formula is C10H17NO4S. The molecule has 0 saturated heterocycles. The van der Waals surface area contributed by atoms with Crippen LogP contribution in [0.4, 0.5) is 0 Å². The fourth-order valence-electron chi connectivity index (χ4n) is 1.40. The zero-order valence-electron chi connectivity index (χ0n) is 9.43. The van der Waals surface area contributed by atoms with Gasteiger partial charge in [-0.05, 0) is 25.5 Å². The molecule has 1 atom stereocenters. The minimum absolute atomic E-state index is 0.127. The van der Waals surface area contributed by atoms with Gasteiger partial charge >= 0.3 is 0 Å². The average Bonchev–Trinajstić information content (AvgIpc) is 2.65. The van der Waals surface area contributed by atoms with Gasteiger partial charge in [0.15, 0.2) is 0 Å². The van der Waals surface area contributed by atoms with Crippen molar-refractivity contribution in [2.75, 3.05) is 0 Å². The van der Waals surface area contributed by atoms with E-state index < -0.39 is 10.0 Å². The van der Waals surface area contributed by atoms with Crippen LogP contribution in [0.15, 0.2) is 21.6 Å². The first kappa shape index (κ1) is 13.2. The fourth-order valence-corrected chi connectivity index (χ4v) is 2.63. The summed E-state index contributed by atoms with van der Waals surface area (Å²) in [6.45, 7) is 3.48. The van der Waals surface area contributed by atoms with Crippen molar-refractivity contribution in [3.05, 3.63) is 17.9 Å². The largest absolute Gasteiger partial charge is 0.446 e. The minimum atomic E-state index is -3.60. The number of nitrogens with one attached hydrogen (secondary N) is 1. The SMILES string of the molecule is CCCC(C)NS(=O)(=O)c1ccc(CO)o1. The van der Waals surface area contributed by atoms with Crippen LogP contribution in [0.1, 0.15) is 32.4 Å². The maximum absolute atomic E-state index is 11.8. The molecule has 1 rings (SSSR count). The maximum atomic E-state index is 11.8. The highest BCUT2D eigenvalue weighted by molar-refractivity contribution is 7.89. The zero-order chi connectivity index (χ0) is 12.2. The molecule has 0 saturated carbocycles. The van der Waals surface area contributed by atoms with E-state index in [1.54, 1.807) is 6.92 Å². The van der Waals surface area contributed by atoms with E-state index in [0.29, 0.717) is 0 Å². The second-order valence-electron chi connectivity index (χ2n) is 3.69. The lowest BCUT2D eigenvalue weighted by Crippen LogP contribution is -2.32. The van der Waals surface area contributed by atoms with Crippen LogP contribution in [0.2, 0.25) is 0 Å². The van der Waals surface area contributed by atoms with Gasteiger partial charge in [-0.3, -0.25) is 0 Å². The molecule has 1 heterocycles. The monoisotopic (exact) mass is 247 g/mol. The molecule has 0 aliphatic carbocycles. The van der Waals surface area contributed by atoms with E-state index in [-0.39, 0.29) is 23.5 Å². The number of aliphatic hydroxyl groups is 1. The van der Waals surface area contributed by atoms with Crippen LogP contribution in [0.3, 0.4) is 0 Å². The predicted octanol–water partition coefficient (Wildman–Crippen LogP) is 1.24. The zero-order valence-corrected chi connectivity index (χ0v) is 10.3. The summed E-state index contributed by atoms with van der Waals surface area (Å²) in [5.41, 5.74) is 0. The highest BCUT2D eigenvalue weighted by Crippen LogP contribution is 2.14. The predicted molar refractivity (Wildman–Crippen MR) is 59.3 cm³/mol. The molecule has 0 fully saturated rings. The Balaban J connectivity index is 2.77. The van der Waals surface area contributed by atoms with Crippen LogP contribution >= 0.6 is 0 Å². The summed E-state index contributed by atoms with van der Waals surface area (Å²) < 4.78 is 31.0. The molecule has 2 N–H and O–H groups in total. The van der Waals surface area contributed by atoms with Crippen molar-refractivity contribution in [1.29, 1.82) is 0 Å². The van der Waals surface area contributed by atoms with Crippen LogP contribution in [0.25, 0.3) is 0 Å². The molecule has 92 valence electrons. The Morgan fingerprint density at radius 3 is 2.69 bits per heavy atom. The average molecular weight is 247 g/mol. The van der Waals surface area contributed by atoms with Gasteiger partial charge in [0.2, 0.25) is 5.09 Å². The highest BCUT2D eigenvalue weighted by atomic mass is 32.2. The third kappa shape index (κ3) is 3.33. The summed E-state index contributed by atoms with van der Waals surface area (Å²) in [5.74, 6) is 0.239. The Labute approximate surface area is 95.5 Å². The van der Waals surface area contributed by atoms with Crippen LogP contribution in [0, 0.1) is 0 Å². The van der Waals surface area contributed by atoms with Crippen molar-refractivity contribution in [1.82, 2.24) is 4.72 Å². The van der Waals surface area contributed by atoms with Crippen molar-refractivity contribution in [2.45, 2.75) is 44.4 Å². The first-order valence-electron chi connectivity index (χ1n) is 5.21. The van der Waals surface area contributed by atoms with Gasteiger partial charge in [0, 0.05) is 6.04 Å². The highest BCUT2D eigenvalue weighted by Gasteiger charge is 2.20. The molecule has 1 aromatic rings. The summed E-state index contributed by atoms with van der Waals surface area (Å²) in [6.07, 6.45) is 1.68. The molecule has 6 heteroatoms. The smallest absolute Gasteiger partial charge is 0.274 e. The molecule has 5 nitrogen and oxygen atoms in total. The lowest BCUT2D eigenvalue weighted by Gasteiger charge is -2.11. The van der Waals surface area contributed by atoms with E-state index in [9.17, 15) is 8.42 Å². The van der Waals surface area contributed by atoms with Gasteiger partial charge < -0.3 is 9.52 Å². The van der Waals surface area contributed by atoms with Crippen molar-refractivity contribution in [3.8, 4) is 0 Å². The topological polar surface area (TPSA) is 79.5 Å². The fraction of sp³-hybridized carbons (Fsp3) is 0.600. The van der Waals surface area contributed by atoms with Crippen LogP contribution in [-0.2, 0) is 16.6 Å². The number of hydrogen-bond donors (Lipinski definition) is 2. The van der Waals surface area contributed by atoms with E-state index in [2.05, 4.69) is 4.72 Å². The van der Waals surface area contributed by atoms with Gasteiger partial charge in [-0.25, -0.2) is 13.1 Å². The van der Waals surface area contributed by atoms with E-state index in [4.69, 9.17) is 9.52 Å². The summed E-state index contributed by atoms with van der Waals surface area (Å²) in [7, 11) is -3.60. The molecule has 0 bridgehead atoms. The van der Waals surface area contributed by atoms with Crippen molar-refractivity contribution >= 4 is 10.0 Å². The Morgan fingerprint density at radius 1 is 1.50 bits per heavy atom. The van der Waals surface area contributed by atoms with E-state index in [0.717, 1.165) is 12.8 Å². The first-order chi connectivity index (χ1) is 7.49. The van der Waals surface area contributed by atoms with Crippen LogP contribution in [0.5, 0.6) is 0 Å². The molecule has 0 aliphatic heterocycles. The van der Waals surface area contributed by atoms with Gasteiger partial charge in [0.05, 0.1) is 0 Å². The Kier molecular flexibility index (Phi) is 4.52. The quantitative estimate of drug-likeness (QED) is 0.792. The van der Waals surface area contributed by atoms with E-state index >= 15 is 0 Å². The normalized spacial score (nSPS) is 13.9. The summed E-state index contributed by atoms with van der Waals surface area (Å²) >= 11 is 0. The number of aliphatic hydroxyl groups excluding tert-OH is 1. The second kappa shape index (κ2) is 5.47.